The Morgan fingerprint density at radius 1 is 1.50 bits per heavy atom. The van der Waals surface area contributed by atoms with E-state index in [2.05, 4.69) is 4.99 Å². The topological polar surface area (TPSA) is 38.7 Å². The van der Waals surface area contributed by atoms with Crippen molar-refractivity contribution in [1.29, 1.82) is 0 Å². The Kier molecular flexibility index (Phi) is 4.60. The Bertz CT molecular complexity index is 491. The van der Waals surface area contributed by atoms with Crippen molar-refractivity contribution in [3.8, 4) is 0 Å². The Morgan fingerprint density at radius 3 is 3.00 bits per heavy atom. The maximum Gasteiger partial charge on any atom is 0.341 e. The van der Waals surface area contributed by atoms with Gasteiger partial charge in [0.05, 0.1) is 12.2 Å². The number of esters is 1. The van der Waals surface area contributed by atoms with Crippen molar-refractivity contribution < 1.29 is 9.53 Å². The third kappa shape index (κ3) is 2.67. The number of aliphatic imine (C=N–C) groups is 1. The number of thiophene rings is 1. The molecule has 3 nitrogen and oxygen atoms in total. The number of ether oxygens (including phenoxy) is 1. The van der Waals surface area contributed by atoms with Crippen molar-refractivity contribution in [2.75, 3.05) is 6.61 Å². The van der Waals surface area contributed by atoms with Crippen LogP contribution in [0.2, 0.25) is 0 Å². The molecule has 5 heteroatoms. The quantitative estimate of drug-likeness (QED) is 0.481. The van der Waals surface area contributed by atoms with Crippen LogP contribution in [0.15, 0.2) is 4.99 Å². The molecule has 0 saturated carbocycles. The van der Waals surface area contributed by atoms with Gasteiger partial charge in [-0.3, -0.25) is 0 Å². The predicted octanol–water partition coefficient (Wildman–Crippen LogP) is 3.51. The van der Waals surface area contributed by atoms with Gasteiger partial charge in [-0.05, 0) is 38.2 Å². The summed E-state index contributed by atoms with van der Waals surface area (Å²) in [5.74, 6) is -0.256. The third-order valence-electron chi connectivity index (χ3n) is 2.88. The lowest BCUT2D eigenvalue weighted by atomic mass is 9.95. The summed E-state index contributed by atoms with van der Waals surface area (Å²) in [6.07, 6.45) is 5.86. The van der Waals surface area contributed by atoms with E-state index >= 15 is 0 Å². The molecule has 0 N–H and O–H groups in total. The third-order valence-corrected chi connectivity index (χ3v) is 4.21. The summed E-state index contributed by atoms with van der Waals surface area (Å²) in [6, 6.07) is 0. The van der Waals surface area contributed by atoms with Crippen LogP contribution in [-0.4, -0.2) is 24.2 Å². The van der Waals surface area contributed by atoms with Gasteiger partial charge in [-0.25, -0.2) is 9.79 Å². The fourth-order valence-corrected chi connectivity index (χ4v) is 3.44. The molecule has 0 amide bonds. The largest absolute Gasteiger partial charge is 0.462 e. The molecule has 1 aliphatic carbocycles. The summed E-state index contributed by atoms with van der Waals surface area (Å²) in [5.41, 5.74) is 1.80. The fourth-order valence-electron chi connectivity index (χ4n) is 2.15. The molecule has 0 unspecified atom stereocenters. The summed E-state index contributed by atoms with van der Waals surface area (Å²) in [5, 5.41) is 2.19. The lowest BCUT2D eigenvalue weighted by Crippen LogP contribution is -2.09. The minimum absolute atomic E-state index is 0.256. The number of nitrogens with zero attached hydrogens (tertiary/aromatic N) is 1. The number of carbonyl (C=O) groups is 1. The minimum Gasteiger partial charge on any atom is -0.462 e. The molecule has 0 radical (unpaired) electrons. The molecule has 0 atom stereocenters. The summed E-state index contributed by atoms with van der Waals surface area (Å²) >= 11 is 6.33. The van der Waals surface area contributed by atoms with E-state index in [1.807, 2.05) is 6.92 Å². The standard InChI is InChI=1S/C13H15NO2S2/c1-2-16-13(15)11-9-5-3-4-6-10(9)18-12(11)14-7-8-17/h7-8H,2-6H2,1H3. The Labute approximate surface area is 116 Å². The van der Waals surface area contributed by atoms with Crippen molar-refractivity contribution in [2.24, 2.45) is 4.99 Å². The van der Waals surface area contributed by atoms with Crippen LogP contribution in [0.1, 0.15) is 40.6 Å². The molecule has 96 valence electrons. The number of hydrogen-bond acceptors (Lipinski definition) is 5. The molecule has 0 fully saturated rings. The zero-order valence-electron chi connectivity index (χ0n) is 10.3. The second-order valence-corrected chi connectivity index (χ2v) is 5.38. The van der Waals surface area contributed by atoms with Gasteiger partial charge in [0.25, 0.3) is 0 Å². The van der Waals surface area contributed by atoms with Crippen LogP contribution in [0.5, 0.6) is 0 Å². The number of fused-ring (bicyclic) bond motifs is 1. The molecular formula is C13H15NO2S2. The number of hydrogen-bond donors (Lipinski definition) is 0. The number of rotatable bonds is 4. The van der Waals surface area contributed by atoms with Crippen molar-refractivity contribution in [2.45, 2.75) is 32.6 Å². The Balaban J connectivity index is 2.44. The molecular weight excluding hydrogens is 266 g/mol. The van der Waals surface area contributed by atoms with Gasteiger partial charge in [0.15, 0.2) is 0 Å². The summed E-state index contributed by atoms with van der Waals surface area (Å²) in [6.45, 7) is 2.20. The SMILES string of the molecule is CCOC(=O)c1c(N=CC=S)sc2c1CCCC2. The highest BCUT2D eigenvalue weighted by molar-refractivity contribution is 7.80. The summed E-state index contributed by atoms with van der Waals surface area (Å²) in [7, 11) is 0. The van der Waals surface area contributed by atoms with Crippen LogP contribution in [0, 0.1) is 0 Å². The molecule has 18 heavy (non-hydrogen) atoms. The van der Waals surface area contributed by atoms with Crippen LogP contribution in [0.4, 0.5) is 5.00 Å². The average molecular weight is 281 g/mol. The van der Waals surface area contributed by atoms with E-state index in [-0.39, 0.29) is 5.97 Å². The van der Waals surface area contributed by atoms with Crippen LogP contribution < -0.4 is 0 Å². The second-order valence-electron chi connectivity index (χ2n) is 4.03. The molecule has 0 saturated heterocycles. The van der Waals surface area contributed by atoms with E-state index < -0.39 is 0 Å². The first kappa shape index (κ1) is 13.4. The second kappa shape index (κ2) is 6.20. The van der Waals surface area contributed by atoms with Gasteiger partial charge in [-0.2, -0.15) is 0 Å². The lowest BCUT2D eigenvalue weighted by molar-refractivity contribution is 0.0526. The molecule has 1 aliphatic rings. The number of carbonyl (C=O) groups excluding carboxylic acids is 1. The monoisotopic (exact) mass is 281 g/mol. The number of aryl methyl sites for hydroxylation is 1. The van der Waals surface area contributed by atoms with Gasteiger partial charge >= 0.3 is 5.97 Å². The smallest absolute Gasteiger partial charge is 0.341 e. The van der Waals surface area contributed by atoms with Gasteiger partial charge in [-0.15, -0.1) is 11.3 Å². The van der Waals surface area contributed by atoms with Crippen LogP contribution >= 0.6 is 23.6 Å². The van der Waals surface area contributed by atoms with Gasteiger partial charge in [0, 0.05) is 16.5 Å². The first-order valence-corrected chi connectivity index (χ1v) is 7.36. The van der Waals surface area contributed by atoms with E-state index in [0.717, 1.165) is 29.8 Å². The number of thiocarbonyl (C=S) groups is 1. The zero-order chi connectivity index (χ0) is 13.0. The summed E-state index contributed by atoms with van der Waals surface area (Å²) < 4.78 is 5.13. The van der Waals surface area contributed by atoms with E-state index in [1.54, 1.807) is 17.6 Å². The molecule has 0 aromatic carbocycles. The lowest BCUT2D eigenvalue weighted by Gasteiger charge is -2.11. The fraction of sp³-hybridized carbons (Fsp3) is 0.462. The van der Waals surface area contributed by atoms with Gasteiger partial charge in [0.1, 0.15) is 5.00 Å². The maximum absolute atomic E-state index is 12.0. The molecule has 0 spiro atoms. The highest BCUT2D eigenvalue weighted by Gasteiger charge is 2.25. The van der Waals surface area contributed by atoms with E-state index in [9.17, 15) is 4.79 Å². The normalized spacial score (nSPS) is 14.5. The molecule has 0 bridgehead atoms. The van der Waals surface area contributed by atoms with Crippen molar-refractivity contribution in [1.82, 2.24) is 0 Å². The average Bonchev–Trinajstić information content (AvgIpc) is 2.74. The van der Waals surface area contributed by atoms with E-state index in [0.29, 0.717) is 12.2 Å². The molecule has 1 aromatic heterocycles. The zero-order valence-corrected chi connectivity index (χ0v) is 11.9. The van der Waals surface area contributed by atoms with Crippen LogP contribution in [0.3, 0.4) is 0 Å². The highest BCUT2D eigenvalue weighted by atomic mass is 32.1. The molecule has 1 heterocycles. The van der Waals surface area contributed by atoms with Crippen molar-refractivity contribution >= 4 is 46.1 Å². The van der Waals surface area contributed by atoms with Gasteiger partial charge in [0.2, 0.25) is 0 Å². The Hall–Kier alpha value is -1.07. The van der Waals surface area contributed by atoms with Crippen LogP contribution in [0.25, 0.3) is 0 Å². The first-order valence-electron chi connectivity index (χ1n) is 6.07. The van der Waals surface area contributed by atoms with E-state index in [1.165, 1.54) is 16.7 Å². The van der Waals surface area contributed by atoms with Gasteiger partial charge < -0.3 is 4.74 Å². The molecule has 0 aliphatic heterocycles. The predicted molar refractivity (Wildman–Crippen MR) is 78.7 cm³/mol. The maximum atomic E-state index is 12.0. The van der Waals surface area contributed by atoms with E-state index in [4.69, 9.17) is 17.0 Å². The highest BCUT2D eigenvalue weighted by Crippen LogP contribution is 2.40. The van der Waals surface area contributed by atoms with Crippen molar-refractivity contribution in [3.63, 3.8) is 0 Å². The Morgan fingerprint density at radius 2 is 2.28 bits per heavy atom. The summed E-state index contributed by atoms with van der Waals surface area (Å²) in [4.78, 5) is 17.6. The van der Waals surface area contributed by atoms with Crippen LogP contribution in [-0.2, 0) is 17.6 Å². The van der Waals surface area contributed by atoms with Gasteiger partial charge in [-0.1, -0.05) is 12.2 Å². The molecule has 2 rings (SSSR count). The minimum atomic E-state index is -0.256. The molecule has 1 aromatic rings. The van der Waals surface area contributed by atoms with Crippen molar-refractivity contribution in [3.05, 3.63) is 16.0 Å². The first-order chi connectivity index (χ1) is 8.77.